The van der Waals surface area contributed by atoms with Crippen LogP contribution in [0.25, 0.3) is 11.1 Å². The fourth-order valence-electron chi connectivity index (χ4n) is 1.78. The van der Waals surface area contributed by atoms with Gasteiger partial charge in [0.2, 0.25) is 0 Å². The van der Waals surface area contributed by atoms with E-state index in [0.29, 0.717) is 11.1 Å². The van der Waals surface area contributed by atoms with Crippen LogP contribution in [0.1, 0.15) is 5.56 Å². The van der Waals surface area contributed by atoms with E-state index < -0.39 is 23.0 Å². The molecule has 2 aromatic carbocycles. The maximum Gasteiger partial charge on any atom is 0.416 e. The fraction of sp³-hybridized carbons (Fsp3) is 0.0769. The standard InChI is InChI=1S/C13H11F3N2O2S/c14-13(15,16)10-4-1-8(2-5-10)9-3-6-12(11(17)7-9)18-21(19)20/h1-7,18H,17H2,(H,19,20). The first-order valence-electron chi connectivity index (χ1n) is 5.72. The summed E-state index contributed by atoms with van der Waals surface area (Å²) in [4.78, 5) is 0. The number of rotatable bonds is 3. The van der Waals surface area contributed by atoms with E-state index in [4.69, 9.17) is 10.3 Å². The van der Waals surface area contributed by atoms with E-state index in [1.807, 2.05) is 0 Å². The molecule has 0 aromatic heterocycles. The van der Waals surface area contributed by atoms with Crippen molar-refractivity contribution < 1.29 is 21.9 Å². The van der Waals surface area contributed by atoms with Gasteiger partial charge in [0, 0.05) is 0 Å². The Bertz CT molecular complexity index is 672. The minimum Gasteiger partial charge on any atom is -0.397 e. The van der Waals surface area contributed by atoms with Crippen LogP contribution in [0.3, 0.4) is 0 Å². The highest BCUT2D eigenvalue weighted by Crippen LogP contribution is 2.32. The molecule has 2 rings (SSSR count). The topological polar surface area (TPSA) is 75.3 Å². The molecule has 0 aliphatic rings. The van der Waals surface area contributed by atoms with Gasteiger partial charge >= 0.3 is 6.18 Å². The third kappa shape index (κ3) is 3.73. The molecule has 0 saturated heterocycles. The van der Waals surface area contributed by atoms with Crippen molar-refractivity contribution in [3.05, 3.63) is 48.0 Å². The second-order valence-corrected chi connectivity index (χ2v) is 4.93. The van der Waals surface area contributed by atoms with E-state index >= 15 is 0 Å². The summed E-state index contributed by atoms with van der Waals surface area (Å²) in [5.41, 5.74) is 6.65. The van der Waals surface area contributed by atoms with Gasteiger partial charge in [-0.15, -0.1) is 0 Å². The first kappa shape index (κ1) is 15.3. The Morgan fingerprint density at radius 2 is 1.62 bits per heavy atom. The number of hydrogen-bond donors (Lipinski definition) is 3. The van der Waals surface area contributed by atoms with Gasteiger partial charge in [-0.05, 0) is 35.4 Å². The number of nitrogens with two attached hydrogens (primary N) is 1. The Balaban J connectivity index is 2.30. The van der Waals surface area contributed by atoms with Crippen LogP contribution in [0.2, 0.25) is 0 Å². The van der Waals surface area contributed by atoms with Crippen LogP contribution < -0.4 is 10.5 Å². The molecule has 0 amide bonds. The Morgan fingerprint density at radius 3 is 2.10 bits per heavy atom. The summed E-state index contributed by atoms with van der Waals surface area (Å²) in [6.07, 6.45) is -4.38. The van der Waals surface area contributed by atoms with Gasteiger partial charge in [0.15, 0.2) is 0 Å². The third-order valence-electron chi connectivity index (χ3n) is 2.79. The first-order valence-corrected chi connectivity index (χ1v) is 6.83. The Hall–Kier alpha value is -2.06. The molecule has 0 spiro atoms. The van der Waals surface area contributed by atoms with Gasteiger partial charge in [-0.25, -0.2) is 4.21 Å². The molecule has 8 heteroatoms. The summed E-state index contributed by atoms with van der Waals surface area (Å²) in [5, 5.41) is 0. The molecule has 21 heavy (non-hydrogen) atoms. The quantitative estimate of drug-likeness (QED) is 0.599. The van der Waals surface area contributed by atoms with Gasteiger partial charge < -0.3 is 5.73 Å². The second kappa shape index (κ2) is 5.74. The average Bonchev–Trinajstić information content (AvgIpc) is 2.40. The first-order chi connectivity index (χ1) is 9.77. The number of nitrogens with one attached hydrogen (secondary N) is 1. The Morgan fingerprint density at radius 1 is 1.05 bits per heavy atom. The minimum atomic E-state index is -4.38. The number of benzene rings is 2. The number of alkyl halides is 3. The van der Waals surface area contributed by atoms with Crippen LogP contribution in [-0.4, -0.2) is 8.76 Å². The highest BCUT2D eigenvalue weighted by Gasteiger charge is 2.29. The van der Waals surface area contributed by atoms with E-state index in [-0.39, 0.29) is 11.4 Å². The summed E-state index contributed by atoms with van der Waals surface area (Å²) in [6, 6.07) is 9.24. The normalized spacial score (nSPS) is 13.0. The highest BCUT2D eigenvalue weighted by atomic mass is 32.2. The maximum atomic E-state index is 12.5. The van der Waals surface area contributed by atoms with Gasteiger partial charge in [0.1, 0.15) is 0 Å². The van der Waals surface area contributed by atoms with Gasteiger partial charge in [0.05, 0.1) is 16.9 Å². The van der Waals surface area contributed by atoms with Crippen LogP contribution in [0, 0.1) is 0 Å². The average molecular weight is 316 g/mol. The molecule has 0 saturated carbocycles. The van der Waals surface area contributed by atoms with E-state index in [9.17, 15) is 17.4 Å². The SMILES string of the molecule is Nc1cc(-c2ccc(C(F)(F)F)cc2)ccc1NS(=O)O. The number of hydrogen-bond acceptors (Lipinski definition) is 2. The van der Waals surface area contributed by atoms with Crippen molar-refractivity contribution in [2.75, 3.05) is 10.5 Å². The van der Waals surface area contributed by atoms with Crippen LogP contribution in [0.5, 0.6) is 0 Å². The molecule has 1 unspecified atom stereocenters. The zero-order valence-corrected chi connectivity index (χ0v) is 11.3. The molecule has 0 aliphatic carbocycles. The Labute approximate surface area is 121 Å². The molecule has 0 aliphatic heterocycles. The zero-order chi connectivity index (χ0) is 15.6. The summed E-state index contributed by atoms with van der Waals surface area (Å²) < 4.78 is 59.0. The van der Waals surface area contributed by atoms with Crippen LogP contribution in [0.15, 0.2) is 42.5 Å². The maximum absolute atomic E-state index is 12.5. The van der Waals surface area contributed by atoms with E-state index in [1.54, 1.807) is 6.07 Å². The lowest BCUT2D eigenvalue weighted by molar-refractivity contribution is -0.137. The predicted molar refractivity (Wildman–Crippen MR) is 75.7 cm³/mol. The van der Waals surface area contributed by atoms with E-state index in [0.717, 1.165) is 12.1 Å². The molecule has 4 nitrogen and oxygen atoms in total. The van der Waals surface area contributed by atoms with Gasteiger partial charge in [-0.2, -0.15) is 13.2 Å². The molecular formula is C13H11F3N2O2S. The van der Waals surface area contributed by atoms with Crippen molar-refractivity contribution in [1.29, 1.82) is 0 Å². The lowest BCUT2D eigenvalue weighted by Crippen LogP contribution is -2.05. The second-order valence-electron chi connectivity index (χ2n) is 4.23. The number of anilines is 2. The molecule has 1 atom stereocenters. The zero-order valence-electron chi connectivity index (χ0n) is 10.5. The van der Waals surface area contributed by atoms with Crippen molar-refractivity contribution >= 4 is 22.6 Å². The lowest BCUT2D eigenvalue weighted by Gasteiger charge is -2.10. The molecular weight excluding hydrogens is 305 g/mol. The van der Waals surface area contributed by atoms with Crippen LogP contribution >= 0.6 is 0 Å². The van der Waals surface area contributed by atoms with E-state index in [2.05, 4.69) is 4.72 Å². The fourth-order valence-corrected chi connectivity index (χ4v) is 2.15. The van der Waals surface area contributed by atoms with Gasteiger partial charge in [-0.3, -0.25) is 9.27 Å². The van der Waals surface area contributed by atoms with Crippen molar-refractivity contribution in [2.45, 2.75) is 6.18 Å². The van der Waals surface area contributed by atoms with Crippen molar-refractivity contribution in [1.82, 2.24) is 0 Å². The minimum absolute atomic E-state index is 0.217. The smallest absolute Gasteiger partial charge is 0.397 e. The Kier molecular flexibility index (Phi) is 4.19. The van der Waals surface area contributed by atoms with Crippen molar-refractivity contribution in [3.63, 3.8) is 0 Å². The van der Waals surface area contributed by atoms with Crippen LogP contribution in [-0.2, 0) is 17.4 Å². The van der Waals surface area contributed by atoms with Gasteiger partial charge in [-0.1, -0.05) is 18.2 Å². The molecule has 4 N–H and O–H groups in total. The lowest BCUT2D eigenvalue weighted by atomic mass is 10.0. The summed E-state index contributed by atoms with van der Waals surface area (Å²) in [6.45, 7) is 0. The summed E-state index contributed by atoms with van der Waals surface area (Å²) >= 11 is -2.25. The summed E-state index contributed by atoms with van der Waals surface area (Å²) in [7, 11) is 0. The number of nitrogen functional groups attached to an aromatic ring is 1. The largest absolute Gasteiger partial charge is 0.416 e. The summed E-state index contributed by atoms with van der Waals surface area (Å²) in [5.74, 6) is 0. The number of halogens is 3. The van der Waals surface area contributed by atoms with Crippen molar-refractivity contribution in [2.24, 2.45) is 0 Å². The van der Waals surface area contributed by atoms with Crippen LogP contribution in [0.4, 0.5) is 24.5 Å². The monoisotopic (exact) mass is 316 g/mol. The molecule has 0 fully saturated rings. The molecule has 0 radical (unpaired) electrons. The predicted octanol–water partition coefficient (Wildman–Crippen LogP) is 3.50. The van der Waals surface area contributed by atoms with Crippen molar-refractivity contribution in [3.8, 4) is 11.1 Å². The molecule has 0 bridgehead atoms. The molecule has 2 aromatic rings. The van der Waals surface area contributed by atoms with E-state index in [1.165, 1.54) is 24.3 Å². The van der Waals surface area contributed by atoms with Gasteiger partial charge in [0.25, 0.3) is 11.3 Å². The third-order valence-corrected chi connectivity index (χ3v) is 3.19. The molecule has 112 valence electrons. The molecule has 0 heterocycles. The highest BCUT2D eigenvalue weighted by molar-refractivity contribution is 7.80.